The molecule has 0 unspecified atom stereocenters. The van der Waals surface area contributed by atoms with Crippen LogP contribution in [-0.4, -0.2) is 28.1 Å². The number of hydrogen-bond acceptors (Lipinski definition) is 4. The number of nitrogens with zero attached hydrogens (tertiary/aromatic N) is 3. The maximum atomic E-state index is 13.6. The van der Waals surface area contributed by atoms with Gasteiger partial charge in [-0.15, -0.1) is 5.10 Å². The average molecular weight is 256 g/mol. The summed E-state index contributed by atoms with van der Waals surface area (Å²) >= 11 is 5.63. The van der Waals surface area contributed by atoms with Crippen molar-refractivity contribution in [1.82, 2.24) is 15.0 Å². The lowest BCUT2D eigenvalue weighted by molar-refractivity contribution is 0.0594. The predicted molar refractivity (Wildman–Crippen MR) is 57.7 cm³/mol. The molecule has 0 saturated carbocycles. The van der Waals surface area contributed by atoms with Gasteiger partial charge in [-0.05, 0) is 12.1 Å². The average Bonchev–Trinajstić information content (AvgIpc) is 2.81. The van der Waals surface area contributed by atoms with Gasteiger partial charge in [0.05, 0.1) is 18.3 Å². The summed E-state index contributed by atoms with van der Waals surface area (Å²) < 4.78 is 19.2. The van der Waals surface area contributed by atoms with Crippen molar-refractivity contribution in [1.29, 1.82) is 0 Å². The van der Waals surface area contributed by atoms with Gasteiger partial charge < -0.3 is 4.74 Å². The number of ether oxygens (including phenoxy) is 1. The Bertz CT molecular complexity index is 570. The molecule has 0 aliphatic rings. The highest BCUT2D eigenvalue weighted by atomic mass is 35.5. The molecule has 2 aromatic rings. The van der Waals surface area contributed by atoms with Gasteiger partial charge >= 0.3 is 5.97 Å². The summed E-state index contributed by atoms with van der Waals surface area (Å²) in [6.07, 6.45) is 1.26. The monoisotopic (exact) mass is 255 g/mol. The van der Waals surface area contributed by atoms with Crippen LogP contribution in [0.15, 0.2) is 24.4 Å². The first-order valence-corrected chi connectivity index (χ1v) is 4.96. The van der Waals surface area contributed by atoms with Crippen LogP contribution in [0.25, 0.3) is 5.69 Å². The van der Waals surface area contributed by atoms with Crippen molar-refractivity contribution >= 4 is 17.6 Å². The molecule has 17 heavy (non-hydrogen) atoms. The number of rotatable bonds is 2. The molecule has 0 aliphatic heterocycles. The van der Waals surface area contributed by atoms with Crippen molar-refractivity contribution in [3.8, 4) is 5.69 Å². The third-order valence-corrected chi connectivity index (χ3v) is 2.36. The number of halogens is 2. The molecule has 0 aliphatic carbocycles. The van der Waals surface area contributed by atoms with E-state index in [4.69, 9.17) is 11.6 Å². The molecule has 0 N–H and O–H groups in total. The first kappa shape index (κ1) is 11.5. The SMILES string of the molecule is COC(=O)c1cn(-c2cccc(Cl)c2F)nn1. The summed E-state index contributed by atoms with van der Waals surface area (Å²) in [5.74, 6) is -1.27. The van der Waals surface area contributed by atoms with E-state index in [0.717, 1.165) is 4.68 Å². The summed E-state index contributed by atoms with van der Waals surface area (Å²) in [5.41, 5.74) is 0.104. The molecule has 88 valence electrons. The van der Waals surface area contributed by atoms with Crippen LogP contribution in [0.3, 0.4) is 0 Å². The summed E-state index contributed by atoms with van der Waals surface area (Å²) in [7, 11) is 1.22. The molecule has 0 spiro atoms. The van der Waals surface area contributed by atoms with Crippen LogP contribution in [-0.2, 0) is 4.74 Å². The third kappa shape index (κ3) is 2.12. The van der Waals surface area contributed by atoms with Crippen LogP contribution in [0.1, 0.15) is 10.5 Å². The lowest BCUT2D eigenvalue weighted by Gasteiger charge is -2.02. The standard InChI is InChI=1S/C10H7ClFN3O2/c1-17-10(16)7-5-15(14-13-7)8-4-2-3-6(11)9(8)12/h2-5H,1H3. The largest absolute Gasteiger partial charge is 0.464 e. The zero-order valence-corrected chi connectivity index (χ0v) is 9.48. The van der Waals surface area contributed by atoms with E-state index in [2.05, 4.69) is 15.0 Å². The molecule has 0 bridgehead atoms. The molecular formula is C10H7ClFN3O2. The van der Waals surface area contributed by atoms with E-state index in [0.29, 0.717) is 0 Å². The van der Waals surface area contributed by atoms with Gasteiger partial charge in [0, 0.05) is 0 Å². The van der Waals surface area contributed by atoms with Gasteiger partial charge in [-0.3, -0.25) is 0 Å². The molecule has 0 atom stereocenters. The highest BCUT2D eigenvalue weighted by molar-refractivity contribution is 6.30. The number of carbonyl (C=O) groups excluding carboxylic acids is 1. The molecule has 2 rings (SSSR count). The van der Waals surface area contributed by atoms with E-state index >= 15 is 0 Å². The molecule has 7 heteroatoms. The Kier molecular flexibility index (Phi) is 3.06. The van der Waals surface area contributed by atoms with E-state index in [1.807, 2.05) is 0 Å². The van der Waals surface area contributed by atoms with E-state index in [-0.39, 0.29) is 16.4 Å². The summed E-state index contributed by atoms with van der Waals surface area (Å²) in [6.45, 7) is 0. The van der Waals surface area contributed by atoms with Crippen LogP contribution >= 0.6 is 11.6 Å². The van der Waals surface area contributed by atoms with Gasteiger partial charge in [-0.25, -0.2) is 13.9 Å². The summed E-state index contributed by atoms with van der Waals surface area (Å²) in [5, 5.41) is 7.16. The van der Waals surface area contributed by atoms with E-state index in [1.165, 1.54) is 25.4 Å². The number of esters is 1. The molecule has 1 aromatic carbocycles. The van der Waals surface area contributed by atoms with Crippen molar-refractivity contribution < 1.29 is 13.9 Å². The van der Waals surface area contributed by atoms with Crippen molar-refractivity contribution in [3.63, 3.8) is 0 Å². The third-order valence-electron chi connectivity index (χ3n) is 2.07. The number of aromatic nitrogens is 3. The van der Waals surface area contributed by atoms with Crippen LogP contribution in [0.4, 0.5) is 4.39 Å². The quantitative estimate of drug-likeness (QED) is 0.769. The van der Waals surface area contributed by atoms with Gasteiger partial charge in [0.25, 0.3) is 0 Å². The number of methoxy groups -OCH3 is 1. The molecule has 1 heterocycles. The fourth-order valence-corrected chi connectivity index (χ4v) is 1.42. The minimum Gasteiger partial charge on any atom is -0.464 e. The molecule has 1 aromatic heterocycles. The number of carbonyl (C=O) groups is 1. The van der Waals surface area contributed by atoms with E-state index < -0.39 is 11.8 Å². The second kappa shape index (κ2) is 4.50. The Balaban J connectivity index is 2.44. The molecule has 0 amide bonds. The van der Waals surface area contributed by atoms with Crippen molar-refractivity contribution in [2.24, 2.45) is 0 Å². The Labute approximate surface area is 101 Å². The van der Waals surface area contributed by atoms with Crippen LogP contribution in [0.2, 0.25) is 5.02 Å². The second-order valence-electron chi connectivity index (χ2n) is 3.11. The molecule has 0 fully saturated rings. The van der Waals surface area contributed by atoms with Crippen molar-refractivity contribution in [2.45, 2.75) is 0 Å². The molecule has 0 radical (unpaired) electrons. The van der Waals surface area contributed by atoms with Crippen LogP contribution in [0, 0.1) is 5.82 Å². The molecule has 5 nitrogen and oxygen atoms in total. The highest BCUT2D eigenvalue weighted by Crippen LogP contribution is 2.20. The first-order valence-electron chi connectivity index (χ1n) is 4.58. The van der Waals surface area contributed by atoms with Crippen molar-refractivity contribution in [2.75, 3.05) is 7.11 Å². The second-order valence-corrected chi connectivity index (χ2v) is 3.52. The van der Waals surface area contributed by atoms with Crippen LogP contribution < -0.4 is 0 Å². The zero-order valence-electron chi connectivity index (χ0n) is 8.72. The van der Waals surface area contributed by atoms with Crippen LogP contribution in [0.5, 0.6) is 0 Å². The number of benzene rings is 1. The Morgan fingerprint density at radius 2 is 2.29 bits per heavy atom. The maximum Gasteiger partial charge on any atom is 0.360 e. The van der Waals surface area contributed by atoms with Gasteiger partial charge in [-0.1, -0.05) is 22.9 Å². The lowest BCUT2D eigenvalue weighted by Crippen LogP contribution is -2.01. The number of hydrogen-bond donors (Lipinski definition) is 0. The Morgan fingerprint density at radius 1 is 1.53 bits per heavy atom. The van der Waals surface area contributed by atoms with Gasteiger partial charge in [-0.2, -0.15) is 0 Å². The lowest BCUT2D eigenvalue weighted by atomic mass is 10.3. The molecular weight excluding hydrogens is 249 g/mol. The minimum atomic E-state index is -0.640. The predicted octanol–water partition coefficient (Wildman–Crippen LogP) is 1.85. The van der Waals surface area contributed by atoms with E-state index in [9.17, 15) is 9.18 Å². The fraction of sp³-hybridized carbons (Fsp3) is 0.100. The highest BCUT2D eigenvalue weighted by Gasteiger charge is 2.14. The Morgan fingerprint density at radius 3 is 3.00 bits per heavy atom. The summed E-state index contributed by atoms with van der Waals surface area (Å²) in [4.78, 5) is 11.2. The van der Waals surface area contributed by atoms with Crippen molar-refractivity contribution in [3.05, 3.63) is 40.9 Å². The first-order chi connectivity index (χ1) is 8.13. The van der Waals surface area contributed by atoms with Gasteiger partial charge in [0.2, 0.25) is 0 Å². The van der Waals surface area contributed by atoms with E-state index in [1.54, 1.807) is 6.07 Å². The minimum absolute atomic E-state index is 0.00752. The Hall–Kier alpha value is -1.95. The summed E-state index contributed by atoms with van der Waals surface area (Å²) in [6, 6.07) is 4.45. The molecule has 0 saturated heterocycles. The maximum absolute atomic E-state index is 13.6. The van der Waals surface area contributed by atoms with Gasteiger partial charge in [0.1, 0.15) is 5.69 Å². The fourth-order valence-electron chi connectivity index (χ4n) is 1.25. The topological polar surface area (TPSA) is 57.0 Å². The normalized spacial score (nSPS) is 10.3. The zero-order chi connectivity index (χ0) is 12.4. The smallest absolute Gasteiger partial charge is 0.360 e. The van der Waals surface area contributed by atoms with Gasteiger partial charge in [0.15, 0.2) is 11.5 Å².